The van der Waals surface area contributed by atoms with Crippen molar-refractivity contribution in [2.75, 3.05) is 5.73 Å². The molecule has 5 nitrogen and oxygen atoms in total. The topological polar surface area (TPSA) is 86.9 Å². The number of hydrogen-bond donors (Lipinski definition) is 2. The van der Waals surface area contributed by atoms with E-state index in [-0.39, 0.29) is 11.4 Å². The van der Waals surface area contributed by atoms with Crippen molar-refractivity contribution >= 4 is 34.9 Å². The molecule has 0 aliphatic rings. The standard InChI is InChI=1S/C10H8Cl2N4O/c11-5-1-2-7(12)8(3-5)16-9(13)6(4-15-16)10(14)17/h1-4H,13H2,(H2,14,17). The van der Waals surface area contributed by atoms with Crippen LogP contribution in [0.3, 0.4) is 0 Å². The van der Waals surface area contributed by atoms with Gasteiger partial charge in [-0.3, -0.25) is 4.79 Å². The normalized spacial score (nSPS) is 10.5. The van der Waals surface area contributed by atoms with Crippen molar-refractivity contribution in [3.63, 3.8) is 0 Å². The van der Waals surface area contributed by atoms with Crippen LogP contribution in [-0.2, 0) is 0 Å². The third kappa shape index (κ3) is 2.07. The number of primary amides is 1. The van der Waals surface area contributed by atoms with Gasteiger partial charge in [-0.15, -0.1) is 0 Å². The Hall–Kier alpha value is -1.72. The molecule has 17 heavy (non-hydrogen) atoms. The highest BCUT2D eigenvalue weighted by molar-refractivity contribution is 6.34. The van der Waals surface area contributed by atoms with Gasteiger partial charge < -0.3 is 11.5 Å². The molecule has 0 saturated heterocycles. The van der Waals surface area contributed by atoms with E-state index in [2.05, 4.69) is 5.10 Å². The number of amides is 1. The molecule has 0 atom stereocenters. The van der Waals surface area contributed by atoms with E-state index in [0.717, 1.165) is 0 Å². The van der Waals surface area contributed by atoms with Crippen molar-refractivity contribution in [1.82, 2.24) is 9.78 Å². The molecule has 4 N–H and O–H groups in total. The fourth-order valence-electron chi connectivity index (χ4n) is 1.39. The number of anilines is 1. The average Bonchev–Trinajstić information content (AvgIpc) is 2.64. The Labute approximate surface area is 107 Å². The van der Waals surface area contributed by atoms with E-state index in [1.807, 2.05) is 0 Å². The van der Waals surface area contributed by atoms with Gasteiger partial charge in [0.15, 0.2) is 0 Å². The Morgan fingerprint density at radius 2 is 2.06 bits per heavy atom. The lowest BCUT2D eigenvalue weighted by atomic mass is 10.3. The van der Waals surface area contributed by atoms with Crippen molar-refractivity contribution in [3.05, 3.63) is 40.0 Å². The van der Waals surface area contributed by atoms with Crippen LogP contribution in [0.5, 0.6) is 0 Å². The SMILES string of the molecule is NC(=O)c1cnn(-c2cc(Cl)ccc2Cl)c1N. The molecule has 88 valence electrons. The van der Waals surface area contributed by atoms with Gasteiger partial charge in [-0.1, -0.05) is 23.2 Å². The molecule has 2 rings (SSSR count). The van der Waals surface area contributed by atoms with Crippen molar-refractivity contribution in [2.24, 2.45) is 5.73 Å². The van der Waals surface area contributed by atoms with Crippen molar-refractivity contribution in [2.45, 2.75) is 0 Å². The number of hydrogen-bond acceptors (Lipinski definition) is 3. The van der Waals surface area contributed by atoms with Gasteiger partial charge in [0, 0.05) is 5.02 Å². The maximum Gasteiger partial charge on any atom is 0.254 e. The minimum Gasteiger partial charge on any atom is -0.383 e. The van der Waals surface area contributed by atoms with Crippen LogP contribution < -0.4 is 11.5 Å². The Balaban J connectivity index is 2.61. The quantitative estimate of drug-likeness (QED) is 0.873. The first kappa shape index (κ1) is 11.8. The zero-order valence-corrected chi connectivity index (χ0v) is 10.0. The molecule has 0 saturated carbocycles. The summed E-state index contributed by atoms with van der Waals surface area (Å²) in [6.45, 7) is 0. The van der Waals surface area contributed by atoms with E-state index < -0.39 is 5.91 Å². The second kappa shape index (κ2) is 4.27. The number of nitrogens with two attached hydrogens (primary N) is 2. The fraction of sp³-hybridized carbons (Fsp3) is 0. The summed E-state index contributed by atoms with van der Waals surface area (Å²) in [6.07, 6.45) is 1.29. The first-order chi connectivity index (χ1) is 8.00. The molecule has 0 bridgehead atoms. The Morgan fingerprint density at radius 1 is 1.35 bits per heavy atom. The summed E-state index contributed by atoms with van der Waals surface area (Å²) in [5.74, 6) is -0.520. The van der Waals surface area contributed by atoms with E-state index in [1.54, 1.807) is 18.2 Å². The smallest absolute Gasteiger partial charge is 0.254 e. The van der Waals surface area contributed by atoms with Crippen LogP contribution in [-0.4, -0.2) is 15.7 Å². The van der Waals surface area contributed by atoms with Crippen LogP contribution in [0.15, 0.2) is 24.4 Å². The number of nitrogen functional groups attached to an aromatic ring is 1. The Morgan fingerprint density at radius 3 is 2.65 bits per heavy atom. The molecular weight excluding hydrogens is 263 g/mol. The Kier molecular flexibility index (Phi) is 2.95. The highest BCUT2D eigenvalue weighted by atomic mass is 35.5. The zero-order valence-electron chi connectivity index (χ0n) is 8.52. The number of rotatable bonds is 2. The molecule has 0 unspecified atom stereocenters. The summed E-state index contributed by atoms with van der Waals surface area (Å²) < 4.78 is 1.31. The second-order valence-corrected chi connectivity index (χ2v) is 4.16. The van der Waals surface area contributed by atoms with E-state index in [4.69, 9.17) is 34.7 Å². The van der Waals surface area contributed by atoms with Gasteiger partial charge in [-0.05, 0) is 18.2 Å². The van der Waals surface area contributed by atoms with Gasteiger partial charge in [0.05, 0.1) is 16.9 Å². The van der Waals surface area contributed by atoms with Gasteiger partial charge >= 0.3 is 0 Å². The summed E-state index contributed by atoms with van der Waals surface area (Å²) in [5.41, 5.74) is 11.5. The number of halogens is 2. The zero-order chi connectivity index (χ0) is 12.6. The Bertz CT molecular complexity index is 594. The molecule has 1 heterocycles. The van der Waals surface area contributed by atoms with Crippen LogP contribution in [0.25, 0.3) is 5.69 Å². The van der Waals surface area contributed by atoms with Gasteiger partial charge in [-0.25, -0.2) is 4.68 Å². The fourth-order valence-corrected chi connectivity index (χ4v) is 1.75. The molecule has 0 aliphatic carbocycles. The maximum atomic E-state index is 11.0. The molecule has 0 spiro atoms. The van der Waals surface area contributed by atoms with Crippen LogP contribution in [0, 0.1) is 0 Å². The number of nitrogens with zero attached hydrogens (tertiary/aromatic N) is 2. The number of aromatic nitrogens is 2. The van der Waals surface area contributed by atoms with Crippen LogP contribution >= 0.6 is 23.2 Å². The van der Waals surface area contributed by atoms with E-state index in [9.17, 15) is 4.79 Å². The highest BCUT2D eigenvalue weighted by Crippen LogP contribution is 2.26. The average molecular weight is 271 g/mol. The molecule has 7 heteroatoms. The van der Waals surface area contributed by atoms with Gasteiger partial charge in [-0.2, -0.15) is 5.10 Å². The molecule has 0 radical (unpaired) electrons. The van der Waals surface area contributed by atoms with E-state index in [1.165, 1.54) is 10.9 Å². The van der Waals surface area contributed by atoms with Gasteiger partial charge in [0.1, 0.15) is 11.4 Å². The summed E-state index contributed by atoms with van der Waals surface area (Å²) in [4.78, 5) is 11.0. The molecule has 1 aromatic heterocycles. The predicted octanol–water partition coefficient (Wildman–Crippen LogP) is 1.86. The molecular formula is C10H8Cl2N4O. The van der Waals surface area contributed by atoms with Crippen LogP contribution in [0.1, 0.15) is 10.4 Å². The predicted molar refractivity (Wildman–Crippen MR) is 66.5 cm³/mol. The molecule has 0 aliphatic heterocycles. The minimum atomic E-state index is -0.646. The lowest BCUT2D eigenvalue weighted by molar-refractivity contribution is 0.100. The molecule has 0 fully saturated rings. The first-order valence-corrected chi connectivity index (χ1v) is 5.35. The second-order valence-electron chi connectivity index (χ2n) is 3.32. The molecule has 1 amide bonds. The van der Waals surface area contributed by atoms with Crippen molar-refractivity contribution < 1.29 is 4.79 Å². The lowest BCUT2D eigenvalue weighted by Crippen LogP contribution is -2.13. The number of carbonyl (C=O) groups excluding carboxylic acids is 1. The van der Waals surface area contributed by atoms with Gasteiger partial charge in [0.2, 0.25) is 0 Å². The summed E-state index contributed by atoms with van der Waals surface area (Å²) >= 11 is 11.9. The third-order valence-corrected chi connectivity index (χ3v) is 2.76. The number of carbonyl (C=O) groups is 1. The van der Waals surface area contributed by atoms with E-state index in [0.29, 0.717) is 15.7 Å². The minimum absolute atomic E-state index is 0.127. The first-order valence-electron chi connectivity index (χ1n) is 4.59. The molecule has 2 aromatic rings. The van der Waals surface area contributed by atoms with Crippen molar-refractivity contribution in [1.29, 1.82) is 0 Å². The lowest BCUT2D eigenvalue weighted by Gasteiger charge is -2.07. The van der Waals surface area contributed by atoms with Gasteiger partial charge in [0.25, 0.3) is 5.91 Å². The summed E-state index contributed by atoms with van der Waals surface area (Å²) in [5, 5.41) is 4.86. The summed E-state index contributed by atoms with van der Waals surface area (Å²) in [7, 11) is 0. The van der Waals surface area contributed by atoms with E-state index >= 15 is 0 Å². The monoisotopic (exact) mass is 270 g/mol. The molecule has 1 aromatic carbocycles. The number of benzene rings is 1. The van der Waals surface area contributed by atoms with Crippen molar-refractivity contribution in [3.8, 4) is 5.69 Å². The summed E-state index contributed by atoms with van der Waals surface area (Å²) in [6, 6.07) is 4.85. The highest BCUT2D eigenvalue weighted by Gasteiger charge is 2.15. The van der Waals surface area contributed by atoms with Crippen LogP contribution in [0.4, 0.5) is 5.82 Å². The largest absolute Gasteiger partial charge is 0.383 e. The third-order valence-electron chi connectivity index (χ3n) is 2.21. The van der Waals surface area contributed by atoms with Crippen LogP contribution in [0.2, 0.25) is 10.0 Å². The maximum absolute atomic E-state index is 11.0.